The van der Waals surface area contributed by atoms with E-state index in [1.54, 1.807) is 0 Å². The molecular weight excluding hydrogens is 292 g/mol. The summed E-state index contributed by atoms with van der Waals surface area (Å²) in [5.74, 6) is 2.46. The fourth-order valence-electron chi connectivity index (χ4n) is 3.43. The topological polar surface area (TPSA) is 9.23 Å². The van der Waals surface area contributed by atoms with Crippen molar-refractivity contribution in [3.8, 4) is 5.75 Å². The summed E-state index contributed by atoms with van der Waals surface area (Å²) in [6.07, 6.45) is 10.9. The molecule has 1 heteroatoms. The van der Waals surface area contributed by atoms with Gasteiger partial charge in [-0.25, -0.2) is 0 Å². The summed E-state index contributed by atoms with van der Waals surface area (Å²) in [4.78, 5) is 0. The van der Waals surface area contributed by atoms with Crippen LogP contribution in [0.1, 0.15) is 43.7 Å². The highest BCUT2D eigenvalue weighted by molar-refractivity contribution is 5.48. The van der Waals surface area contributed by atoms with Crippen molar-refractivity contribution in [2.24, 2.45) is 11.8 Å². The summed E-state index contributed by atoms with van der Waals surface area (Å²) in [6.45, 7) is 3.05. The maximum atomic E-state index is 6.03. The Hall–Kier alpha value is -2.02. The molecule has 1 nitrogen and oxygen atoms in total. The summed E-state index contributed by atoms with van der Waals surface area (Å²) in [7, 11) is 0. The van der Waals surface area contributed by atoms with Gasteiger partial charge in [0.2, 0.25) is 0 Å². The van der Waals surface area contributed by atoms with Crippen LogP contribution in [0, 0.1) is 11.8 Å². The van der Waals surface area contributed by atoms with Gasteiger partial charge in [-0.15, -0.1) is 0 Å². The smallest absolute Gasteiger partial charge is 0.119 e. The minimum atomic E-state index is 0.705. The van der Waals surface area contributed by atoms with Crippen molar-refractivity contribution < 1.29 is 4.74 Å². The molecule has 0 amide bonds. The first-order chi connectivity index (χ1) is 11.8. The average molecular weight is 320 g/mol. The van der Waals surface area contributed by atoms with E-state index in [9.17, 15) is 0 Å². The van der Waals surface area contributed by atoms with Gasteiger partial charge in [-0.1, -0.05) is 61.5 Å². The first kappa shape index (κ1) is 16.8. The maximum Gasteiger partial charge on any atom is 0.119 e. The lowest BCUT2D eigenvalue weighted by atomic mass is 9.82. The molecule has 24 heavy (non-hydrogen) atoms. The van der Waals surface area contributed by atoms with Crippen LogP contribution < -0.4 is 4.74 Å². The van der Waals surface area contributed by atoms with E-state index >= 15 is 0 Å². The number of hydrogen-bond acceptors (Lipinski definition) is 1. The van der Waals surface area contributed by atoms with Crippen molar-refractivity contribution in [2.75, 3.05) is 6.61 Å². The number of rotatable bonds is 6. The van der Waals surface area contributed by atoms with Crippen LogP contribution in [0.4, 0.5) is 0 Å². The van der Waals surface area contributed by atoms with Crippen LogP contribution in [-0.4, -0.2) is 6.61 Å². The van der Waals surface area contributed by atoms with E-state index in [0.29, 0.717) is 5.92 Å². The molecule has 0 saturated heterocycles. The first-order valence-corrected chi connectivity index (χ1v) is 9.28. The van der Waals surface area contributed by atoms with Gasteiger partial charge < -0.3 is 4.74 Å². The Bertz CT molecular complexity index is 636. The SMILES string of the molecule is CCc1cccc(OCC2CCC(/C=C/c3ccccc3)CC2)c1. The molecule has 0 unspecified atom stereocenters. The van der Waals surface area contributed by atoms with Gasteiger partial charge in [0, 0.05) is 0 Å². The maximum absolute atomic E-state index is 6.03. The second kappa shape index (κ2) is 8.73. The molecule has 0 aliphatic heterocycles. The number of allylic oxidation sites excluding steroid dienone is 1. The minimum absolute atomic E-state index is 0.705. The van der Waals surface area contributed by atoms with E-state index in [2.05, 4.69) is 73.7 Å². The molecule has 1 fully saturated rings. The quantitative estimate of drug-likeness (QED) is 0.620. The molecule has 1 aliphatic rings. The lowest BCUT2D eigenvalue weighted by molar-refractivity contribution is 0.195. The van der Waals surface area contributed by atoms with Crippen molar-refractivity contribution in [2.45, 2.75) is 39.0 Å². The van der Waals surface area contributed by atoms with Crippen molar-refractivity contribution in [1.29, 1.82) is 0 Å². The van der Waals surface area contributed by atoms with Gasteiger partial charge in [0.1, 0.15) is 5.75 Å². The molecule has 0 spiro atoms. The molecule has 2 aromatic carbocycles. The van der Waals surface area contributed by atoms with E-state index in [1.807, 2.05) is 0 Å². The minimum Gasteiger partial charge on any atom is -0.493 e. The van der Waals surface area contributed by atoms with Crippen LogP contribution in [0.15, 0.2) is 60.7 Å². The van der Waals surface area contributed by atoms with E-state index in [4.69, 9.17) is 4.74 Å². The third-order valence-corrected chi connectivity index (χ3v) is 5.04. The van der Waals surface area contributed by atoms with E-state index < -0.39 is 0 Å². The van der Waals surface area contributed by atoms with Crippen LogP contribution in [0.2, 0.25) is 0 Å². The molecular formula is C23H28O. The molecule has 0 N–H and O–H groups in total. The second-order valence-electron chi connectivity index (χ2n) is 6.86. The van der Waals surface area contributed by atoms with Crippen LogP contribution in [-0.2, 0) is 6.42 Å². The normalized spacial score (nSPS) is 21.0. The molecule has 1 aliphatic carbocycles. The van der Waals surface area contributed by atoms with E-state index in [1.165, 1.54) is 36.8 Å². The van der Waals surface area contributed by atoms with E-state index in [-0.39, 0.29) is 0 Å². The van der Waals surface area contributed by atoms with Crippen molar-refractivity contribution >= 4 is 6.08 Å². The highest BCUT2D eigenvalue weighted by atomic mass is 16.5. The Labute approximate surface area is 146 Å². The summed E-state index contributed by atoms with van der Waals surface area (Å²) < 4.78 is 6.03. The summed E-state index contributed by atoms with van der Waals surface area (Å²) in [5, 5.41) is 0. The lowest BCUT2D eigenvalue weighted by Gasteiger charge is -2.26. The van der Waals surface area contributed by atoms with Gasteiger partial charge in [0.25, 0.3) is 0 Å². The Morgan fingerprint density at radius 2 is 1.75 bits per heavy atom. The molecule has 0 heterocycles. The monoisotopic (exact) mass is 320 g/mol. The Morgan fingerprint density at radius 3 is 2.50 bits per heavy atom. The summed E-state index contributed by atoms with van der Waals surface area (Å²) >= 11 is 0. The highest BCUT2D eigenvalue weighted by Crippen LogP contribution is 2.30. The predicted molar refractivity (Wildman–Crippen MR) is 102 cm³/mol. The fraction of sp³-hybridized carbons (Fsp3) is 0.391. The summed E-state index contributed by atoms with van der Waals surface area (Å²) in [6, 6.07) is 19.1. The zero-order chi connectivity index (χ0) is 16.6. The lowest BCUT2D eigenvalue weighted by Crippen LogP contribution is -2.19. The first-order valence-electron chi connectivity index (χ1n) is 9.28. The Balaban J connectivity index is 1.42. The van der Waals surface area contributed by atoms with Crippen LogP contribution in [0.5, 0.6) is 5.75 Å². The van der Waals surface area contributed by atoms with Crippen LogP contribution in [0.25, 0.3) is 6.08 Å². The molecule has 0 radical (unpaired) electrons. The number of benzene rings is 2. The fourth-order valence-corrected chi connectivity index (χ4v) is 3.43. The molecule has 1 saturated carbocycles. The Kier molecular flexibility index (Phi) is 6.12. The molecule has 126 valence electrons. The van der Waals surface area contributed by atoms with Gasteiger partial charge in [-0.3, -0.25) is 0 Å². The van der Waals surface area contributed by atoms with Gasteiger partial charge in [-0.05, 0) is 67.2 Å². The van der Waals surface area contributed by atoms with Crippen LogP contribution >= 0.6 is 0 Å². The summed E-state index contributed by atoms with van der Waals surface area (Å²) in [5.41, 5.74) is 2.65. The Morgan fingerprint density at radius 1 is 0.958 bits per heavy atom. The third-order valence-electron chi connectivity index (χ3n) is 5.04. The molecule has 3 rings (SSSR count). The third kappa shape index (κ3) is 4.99. The number of aryl methyl sites for hydroxylation is 1. The number of ether oxygens (including phenoxy) is 1. The standard InChI is InChI=1S/C23H28O/c1-2-19-9-6-10-23(17-19)24-18-22-15-13-21(14-16-22)12-11-20-7-4-3-5-8-20/h3-12,17,21-22H,2,13-16,18H2,1H3/b12-11+. The zero-order valence-electron chi connectivity index (χ0n) is 14.7. The van der Waals surface area contributed by atoms with E-state index in [0.717, 1.165) is 24.7 Å². The van der Waals surface area contributed by atoms with Gasteiger partial charge in [0.15, 0.2) is 0 Å². The predicted octanol–water partition coefficient (Wildman–Crippen LogP) is 6.15. The molecule has 2 aromatic rings. The second-order valence-corrected chi connectivity index (χ2v) is 6.86. The number of hydrogen-bond donors (Lipinski definition) is 0. The van der Waals surface area contributed by atoms with Gasteiger partial charge in [0.05, 0.1) is 6.61 Å². The highest BCUT2D eigenvalue weighted by Gasteiger charge is 2.20. The van der Waals surface area contributed by atoms with Crippen molar-refractivity contribution in [1.82, 2.24) is 0 Å². The van der Waals surface area contributed by atoms with Crippen LogP contribution in [0.3, 0.4) is 0 Å². The molecule has 0 bridgehead atoms. The van der Waals surface area contributed by atoms with Crippen molar-refractivity contribution in [3.05, 3.63) is 71.8 Å². The molecule has 0 atom stereocenters. The van der Waals surface area contributed by atoms with Gasteiger partial charge >= 0.3 is 0 Å². The average Bonchev–Trinajstić information content (AvgIpc) is 2.66. The van der Waals surface area contributed by atoms with Crippen molar-refractivity contribution in [3.63, 3.8) is 0 Å². The van der Waals surface area contributed by atoms with Gasteiger partial charge in [-0.2, -0.15) is 0 Å². The molecule has 0 aromatic heterocycles. The zero-order valence-corrected chi connectivity index (χ0v) is 14.7. The largest absolute Gasteiger partial charge is 0.493 e.